The van der Waals surface area contributed by atoms with Gasteiger partial charge in [-0.05, 0) is 30.0 Å². The van der Waals surface area contributed by atoms with E-state index in [0.717, 1.165) is 24.3 Å². The summed E-state index contributed by atoms with van der Waals surface area (Å²) in [5.74, 6) is 1.48. The lowest BCUT2D eigenvalue weighted by atomic mass is 10.0. The Balaban J connectivity index is 2.49. The van der Waals surface area contributed by atoms with Crippen molar-refractivity contribution in [2.24, 2.45) is 11.7 Å². The predicted molar refractivity (Wildman–Crippen MR) is 78.1 cm³/mol. The van der Waals surface area contributed by atoms with E-state index in [0.29, 0.717) is 17.5 Å². The minimum Gasteiger partial charge on any atom is -0.493 e. The number of halogens is 1. The molecule has 3 heteroatoms. The van der Waals surface area contributed by atoms with Crippen molar-refractivity contribution in [2.45, 2.75) is 46.1 Å². The minimum atomic E-state index is 0.465. The van der Waals surface area contributed by atoms with Gasteiger partial charge >= 0.3 is 0 Å². The van der Waals surface area contributed by atoms with E-state index in [1.54, 1.807) is 0 Å². The zero-order valence-electron chi connectivity index (χ0n) is 11.4. The first-order chi connectivity index (χ1) is 8.71. The summed E-state index contributed by atoms with van der Waals surface area (Å²) in [6.45, 7) is 5.68. The van der Waals surface area contributed by atoms with E-state index in [1.165, 1.54) is 19.3 Å². The van der Waals surface area contributed by atoms with Crippen molar-refractivity contribution in [3.05, 3.63) is 28.8 Å². The van der Waals surface area contributed by atoms with Crippen LogP contribution in [0.2, 0.25) is 5.02 Å². The Morgan fingerprint density at radius 1 is 1.33 bits per heavy atom. The summed E-state index contributed by atoms with van der Waals surface area (Å²) in [5.41, 5.74) is 6.53. The molecule has 2 nitrogen and oxygen atoms in total. The predicted octanol–water partition coefficient (Wildman–Crippen LogP) is 4.39. The molecule has 0 aliphatic rings. The van der Waals surface area contributed by atoms with Gasteiger partial charge in [0.05, 0.1) is 6.61 Å². The highest BCUT2D eigenvalue weighted by Crippen LogP contribution is 2.23. The molecule has 18 heavy (non-hydrogen) atoms. The van der Waals surface area contributed by atoms with Gasteiger partial charge in [-0.25, -0.2) is 0 Å². The second-order valence-corrected chi connectivity index (χ2v) is 5.09. The molecule has 1 atom stereocenters. The van der Waals surface area contributed by atoms with Crippen LogP contribution in [0.1, 0.15) is 45.1 Å². The van der Waals surface area contributed by atoms with Gasteiger partial charge in [0, 0.05) is 11.6 Å². The zero-order chi connectivity index (χ0) is 13.4. The second kappa shape index (κ2) is 8.39. The Hall–Kier alpha value is -0.730. The molecule has 1 rings (SSSR count). The Kier molecular flexibility index (Phi) is 7.14. The van der Waals surface area contributed by atoms with Crippen LogP contribution in [0.4, 0.5) is 0 Å². The molecule has 0 heterocycles. The first-order valence-corrected chi connectivity index (χ1v) is 7.20. The number of nitrogens with two attached hydrogens (primary N) is 1. The number of ether oxygens (including phenoxy) is 1. The van der Waals surface area contributed by atoms with Crippen molar-refractivity contribution in [2.75, 3.05) is 6.61 Å². The van der Waals surface area contributed by atoms with E-state index in [4.69, 9.17) is 22.1 Å². The van der Waals surface area contributed by atoms with Crippen molar-refractivity contribution in [3.63, 3.8) is 0 Å². The van der Waals surface area contributed by atoms with Crippen molar-refractivity contribution in [3.8, 4) is 5.75 Å². The maximum Gasteiger partial charge on any atom is 0.120 e. The highest BCUT2D eigenvalue weighted by Gasteiger charge is 2.07. The van der Waals surface area contributed by atoms with Gasteiger partial charge < -0.3 is 10.5 Å². The van der Waals surface area contributed by atoms with E-state index in [9.17, 15) is 0 Å². The molecule has 0 aliphatic carbocycles. The van der Waals surface area contributed by atoms with Gasteiger partial charge in [-0.3, -0.25) is 0 Å². The maximum absolute atomic E-state index is 6.10. The first kappa shape index (κ1) is 15.3. The minimum absolute atomic E-state index is 0.465. The normalized spacial score (nSPS) is 12.4. The number of unbranched alkanes of at least 4 members (excludes halogenated alkanes) is 1. The third-order valence-corrected chi connectivity index (χ3v) is 3.63. The highest BCUT2D eigenvalue weighted by atomic mass is 35.5. The summed E-state index contributed by atoms with van der Waals surface area (Å²) in [6, 6.07) is 5.74. The number of rotatable bonds is 8. The topological polar surface area (TPSA) is 35.2 Å². The van der Waals surface area contributed by atoms with E-state index >= 15 is 0 Å². The number of benzene rings is 1. The fraction of sp³-hybridized carbons (Fsp3) is 0.600. The molecule has 0 radical (unpaired) electrons. The van der Waals surface area contributed by atoms with Gasteiger partial charge in [0.2, 0.25) is 0 Å². The lowest BCUT2D eigenvalue weighted by Gasteiger charge is -2.16. The monoisotopic (exact) mass is 269 g/mol. The number of hydrogen-bond donors (Lipinski definition) is 1. The summed E-state index contributed by atoms with van der Waals surface area (Å²) in [4.78, 5) is 0. The average Bonchev–Trinajstić information content (AvgIpc) is 2.39. The lowest BCUT2D eigenvalue weighted by Crippen LogP contribution is -2.11. The standard InChI is InChI=1S/C15H24ClNO/c1-3-5-6-12(4-2)11-18-14-8-7-13(10-17)15(16)9-14/h7-9,12H,3-6,10-11,17H2,1-2H3. The van der Waals surface area contributed by atoms with Crippen LogP contribution in [0.15, 0.2) is 18.2 Å². The van der Waals surface area contributed by atoms with E-state index in [-0.39, 0.29) is 0 Å². The fourth-order valence-corrected chi connectivity index (χ4v) is 2.14. The van der Waals surface area contributed by atoms with Crippen LogP contribution in [0.5, 0.6) is 5.75 Å². The van der Waals surface area contributed by atoms with Crippen LogP contribution in [-0.2, 0) is 6.54 Å². The van der Waals surface area contributed by atoms with Crippen LogP contribution in [0.25, 0.3) is 0 Å². The molecule has 102 valence electrons. The maximum atomic E-state index is 6.10. The fourth-order valence-electron chi connectivity index (χ4n) is 1.90. The third kappa shape index (κ3) is 4.87. The van der Waals surface area contributed by atoms with Crippen molar-refractivity contribution >= 4 is 11.6 Å². The molecule has 0 aliphatic heterocycles. The molecule has 2 N–H and O–H groups in total. The van der Waals surface area contributed by atoms with Gasteiger partial charge in [0.15, 0.2) is 0 Å². The quantitative estimate of drug-likeness (QED) is 0.759. The molecule has 0 bridgehead atoms. The molecule has 0 fully saturated rings. The molecule has 1 unspecified atom stereocenters. The van der Waals surface area contributed by atoms with Crippen LogP contribution < -0.4 is 10.5 Å². The van der Waals surface area contributed by atoms with E-state index in [2.05, 4.69) is 13.8 Å². The molecule has 0 amide bonds. The van der Waals surface area contributed by atoms with E-state index < -0.39 is 0 Å². The SMILES string of the molecule is CCCCC(CC)COc1ccc(CN)c(Cl)c1. The van der Waals surface area contributed by atoms with E-state index in [1.807, 2.05) is 18.2 Å². The average molecular weight is 270 g/mol. The third-order valence-electron chi connectivity index (χ3n) is 3.27. The summed E-state index contributed by atoms with van der Waals surface area (Å²) in [5, 5.41) is 0.691. The Morgan fingerprint density at radius 3 is 2.67 bits per heavy atom. The largest absolute Gasteiger partial charge is 0.493 e. The van der Waals surface area contributed by atoms with Crippen LogP contribution >= 0.6 is 11.6 Å². The Bertz CT molecular complexity index is 354. The lowest BCUT2D eigenvalue weighted by molar-refractivity contribution is 0.233. The van der Waals surface area contributed by atoms with Gasteiger partial charge in [-0.1, -0.05) is 50.8 Å². The number of hydrogen-bond acceptors (Lipinski definition) is 2. The highest BCUT2D eigenvalue weighted by molar-refractivity contribution is 6.31. The molecular weight excluding hydrogens is 246 g/mol. The smallest absolute Gasteiger partial charge is 0.120 e. The summed E-state index contributed by atoms with van der Waals surface area (Å²) in [7, 11) is 0. The Labute approximate surface area is 115 Å². The van der Waals surface area contributed by atoms with Crippen molar-refractivity contribution in [1.29, 1.82) is 0 Å². The molecule has 1 aromatic rings. The van der Waals surface area contributed by atoms with Gasteiger partial charge in [-0.15, -0.1) is 0 Å². The van der Waals surface area contributed by atoms with Crippen molar-refractivity contribution < 1.29 is 4.74 Å². The Morgan fingerprint density at radius 2 is 2.11 bits per heavy atom. The van der Waals surface area contributed by atoms with Gasteiger partial charge in [-0.2, -0.15) is 0 Å². The molecule has 0 saturated carbocycles. The van der Waals surface area contributed by atoms with Crippen LogP contribution in [0.3, 0.4) is 0 Å². The molecule has 0 aromatic heterocycles. The van der Waals surface area contributed by atoms with Crippen LogP contribution in [0, 0.1) is 5.92 Å². The van der Waals surface area contributed by atoms with Gasteiger partial charge in [0.25, 0.3) is 0 Å². The summed E-state index contributed by atoms with van der Waals surface area (Å²) < 4.78 is 5.81. The second-order valence-electron chi connectivity index (χ2n) is 4.68. The zero-order valence-corrected chi connectivity index (χ0v) is 12.2. The molecule has 0 saturated heterocycles. The summed E-state index contributed by atoms with van der Waals surface area (Å²) in [6.07, 6.45) is 4.92. The molecule has 0 spiro atoms. The first-order valence-electron chi connectivity index (χ1n) is 6.82. The van der Waals surface area contributed by atoms with Crippen LogP contribution in [-0.4, -0.2) is 6.61 Å². The van der Waals surface area contributed by atoms with Gasteiger partial charge in [0.1, 0.15) is 5.75 Å². The molecule has 1 aromatic carbocycles. The molecular formula is C15H24ClNO. The summed E-state index contributed by atoms with van der Waals surface area (Å²) >= 11 is 6.10. The van der Waals surface area contributed by atoms with Crippen molar-refractivity contribution in [1.82, 2.24) is 0 Å².